The third-order valence-electron chi connectivity index (χ3n) is 4.21. The average Bonchev–Trinajstić information content (AvgIpc) is 2.86. The number of hydrogen-bond acceptors (Lipinski definition) is 4. The monoisotopic (exact) mass is 232 g/mol. The normalized spacial score (nSPS) is 28.2. The Bertz CT molecular complexity index is 393. The van der Waals surface area contributed by atoms with Crippen LogP contribution in [0.15, 0.2) is 12.4 Å². The predicted molar refractivity (Wildman–Crippen MR) is 67.6 cm³/mol. The average molecular weight is 232 g/mol. The SMILES string of the molecule is NCc1nccnc1N1CCCC2CCCC21. The van der Waals surface area contributed by atoms with Gasteiger partial charge in [-0.15, -0.1) is 0 Å². The highest BCUT2D eigenvalue weighted by atomic mass is 15.2. The molecule has 0 amide bonds. The van der Waals surface area contributed by atoms with Gasteiger partial charge in [0, 0.05) is 31.5 Å². The Kier molecular flexibility index (Phi) is 2.97. The van der Waals surface area contributed by atoms with Crippen LogP contribution in [0, 0.1) is 5.92 Å². The summed E-state index contributed by atoms with van der Waals surface area (Å²) in [7, 11) is 0. The van der Waals surface area contributed by atoms with Crippen molar-refractivity contribution in [3.05, 3.63) is 18.1 Å². The maximum Gasteiger partial charge on any atom is 0.151 e. The van der Waals surface area contributed by atoms with Crippen LogP contribution in [0.1, 0.15) is 37.8 Å². The van der Waals surface area contributed by atoms with Crippen molar-refractivity contribution < 1.29 is 0 Å². The second kappa shape index (κ2) is 4.61. The number of rotatable bonds is 2. The number of nitrogens with zero attached hydrogens (tertiary/aromatic N) is 3. The Labute approximate surface area is 102 Å². The lowest BCUT2D eigenvalue weighted by molar-refractivity contribution is 0.359. The van der Waals surface area contributed by atoms with Gasteiger partial charge >= 0.3 is 0 Å². The lowest BCUT2D eigenvalue weighted by Crippen LogP contribution is -2.43. The van der Waals surface area contributed by atoms with Gasteiger partial charge in [0.2, 0.25) is 0 Å². The molecule has 2 aliphatic rings. The van der Waals surface area contributed by atoms with Crippen molar-refractivity contribution in [1.82, 2.24) is 9.97 Å². The molecule has 2 atom stereocenters. The van der Waals surface area contributed by atoms with E-state index in [9.17, 15) is 0 Å². The number of nitrogens with two attached hydrogens (primary N) is 1. The highest BCUT2D eigenvalue weighted by molar-refractivity contribution is 5.45. The summed E-state index contributed by atoms with van der Waals surface area (Å²) in [6.45, 7) is 1.60. The highest BCUT2D eigenvalue weighted by Crippen LogP contribution is 2.38. The van der Waals surface area contributed by atoms with Gasteiger partial charge in [-0.3, -0.25) is 4.98 Å². The molecule has 0 aromatic carbocycles. The first-order valence-electron chi connectivity index (χ1n) is 6.66. The Morgan fingerprint density at radius 2 is 2.00 bits per heavy atom. The van der Waals surface area contributed by atoms with Crippen molar-refractivity contribution in [3.8, 4) is 0 Å². The summed E-state index contributed by atoms with van der Waals surface area (Å²) in [6, 6.07) is 0.686. The van der Waals surface area contributed by atoms with Crippen molar-refractivity contribution in [3.63, 3.8) is 0 Å². The third kappa shape index (κ3) is 1.90. The van der Waals surface area contributed by atoms with Gasteiger partial charge < -0.3 is 10.6 Å². The van der Waals surface area contributed by atoms with Crippen molar-refractivity contribution in [2.45, 2.75) is 44.7 Å². The lowest BCUT2D eigenvalue weighted by Gasteiger charge is -2.39. The van der Waals surface area contributed by atoms with Crippen molar-refractivity contribution >= 4 is 5.82 Å². The van der Waals surface area contributed by atoms with E-state index < -0.39 is 0 Å². The fourth-order valence-electron chi connectivity index (χ4n) is 3.46. The molecular formula is C13H20N4. The van der Waals surface area contributed by atoms with Crippen molar-refractivity contribution in [1.29, 1.82) is 0 Å². The highest BCUT2D eigenvalue weighted by Gasteiger charge is 2.36. The van der Waals surface area contributed by atoms with Crippen LogP contribution in [-0.4, -0.2) is 22.6 Å². The quantitative estimate of drug-likeness (QED) is 0.843. The standard InChI is InChI=1S/C13H20N4/c14-9-11-13(16-7-6-15-11)17-8-2-4-10-3-1-5-12(10)17/h6-7,10,12H,1-5,8-9,14H2. The summed E-state index contributed by atoms with van der Waals surface area (Å²) in [6.07, 6.45) is 10.3. The number of hydrogen-bond donors (Lipinski definition) is 1. The molecule has 0 radical (unpaired) electrons. The van der Waals surface area contributed by atoms with Crippen LogP contribution < -0.4 is 10.6 Å². The van der Waals surface area contributed by atoms with Gasteiger partial charge in [0.25, 0.3) is 0 Å². The van der Waals surface area contributed by atoms with Gasteiger partial charge in [0.15, 0.2) is 5.82 Å². The van der Waals surface area contributed by atoms with Gasteiger partial charge in [0.1, 0.15) is 0 Å². The van der Waals surface area contributed by atoms with E-state index in [1.165, 1.54) is 32.1 Å². The zero-order valence-corrected chi connectivity index (χ0v) is 10.2. The first kappa shape index (κ1) is 11.0. The summed E-state index contributed by atoms with van der Waals surface area (Å²) in [5.41, 5.74) is 6.71. The van der Waals surface area contributed by atoms with E-state index in [2.05, 4.69) is 14.9 Å². The van der Waals surface area contributed by atoms with E-state index >= 15 is 0 Å². The minimum Gasteiger partial charge on any atom is -0.352 e. The van der Waals surface area contributed by atoms with E-state index in [1.54, 1.807) is 12.4 Å². The molecule has 1 saturated carbocycles. The largest absolute Gasteiger partial charge is 0.352 e. The van der Waals surface area contributed by atoms with Crippen LogP contribution in [-0.2, 0) is 6.54 Å². The van der Waals surface area contributed by atoms with Gasteiger partial charge in [-0.25, -0.2) is 4.98 Å². The second-order valence-electron chi connectivity index (χ2n) is 5.12. The molecule has 1 aromatic rings. The van der Waals surface area contributed by atoms with Crippen LogP contribution in [0.5, 0.6) is 0 Å². The fourth-order valence-corrected chi connectivity index (χ4v) is 3.46. The molecular weight excluding hydrogens is 212 g/mol. The first-order valence-corrected chi connectivity index (χ1v) is 6.66. The van der Waals surface area contributed by atoms with Crippen LogP contribution in [0.25, 0.3) is 0 Å². The smallest absolute Gasteiger partial charge is 0.151 e. The molecule has 2 fully saturated rings. The zero-order valence-electron chi connectivity index (χ0n) is 10.2. The third-order valence-corrected chi connectivity index (χ3v) is 4.21. The topological polar surface area (TPSA) is 55.0 Å². The minimum atomic E-state index is 0.483. The Morgan fingerprint density at radius 1 is 1.18 bits per heavy atom. The predicted octanol–water partition coefficient (Wildman–Crippen LogP) is 1.70. The van der Waals surface area contributed by atoms with Crippen LogP contribution in [0.3, 0.4) is 0 Å². The number of aromatic nitrogens is 2. The summed E-state index contributed by atoms with van der Waals surface area (Å²) in [5, 5.41) is 0. The summed E-state index contributed by atoms with van der Waals surface area (Å²) < 4.78 is 0. The molecule has 1 saturated heterocycles. The summed E-state index contributed by atoms with van der Waals surface area (Å²) in [4.78, 5) is 11.3. The second-order valence-corrected chi connectivity index (χ2v) is 5.12. The molecule has 2 heterocycles. The Morgan fingerprint density at radius 3 is 2.88 bits per heavy atom. The molecule has 0 bridgehead atoms. The Hall–Kier alpha value is -1.16. The molecule has 2 unspecified atom stereocenters. The van der Waals surface area contributed by atoms with Gasteiger partial charge in [0.05, 0.1) is 5.69 Å². The molecule has 1 aliphatic heterocycles. The van der Waals surface area contributed by atoms with E-state index in [-0.39, 0.29) is 0 Å². The first-order chi connectivity index (χ1) is 8.40. The van der Waals surface area contributed by atoms with E-state index in [0.29, 0.717) is 12.6 Å². The maximum atomic E-state index is 5.77. The number of anilines is 1. The molecule has 3 rings (SSSR count). The molecule has 1 aromatic heterocycles. The van der Waals surface area contributed by atoms with Crippen LogP contribution in [0.2, 0.25) is 0 Å². The summed E-state index contributed by atoms with van der Waals surface area (Å²) >= 11 is 0. The lowest BCUT2D eigenvalue weighted by atomic mass is 9.92. The van der Waals surface area contributed by atoms with E-state index in [1.807, 2.05) is 0 Å². The molecule has 0 spiro atoms. The minimum absolute atomic E-state index is 0.483. The summed E-state index contributed by atoms with van der Waals surface area (Å²) in [5.74, 6) is 1.91. The molecule has 17 heavy (non-hydrogen) atoms. The van der Waals surface area contributed by atoms with Crippen molar-refractivity contribution in [2.75, 3.05) is 11.4 Å². The van der Waals surface area contributed by atoms with Crippen LogP contribution >= 0.6 is 0 Å². The Balaban J connectivity index is 1.91. The molecule has 4 nitrogen and oxygen atoms in total. The van der Waals surface area contributed by atoms with Crippen LogP contribution in [0.4, 0.5) is 5.82 Å². The maximum absolute atomic E-state index is 5.77. The zero-order chi connectivity index (χ0) is 11.7. The molecule has 2 N–H and O–H groups in total. The van der Waals surface area contributed by atoms with Gasteiger partial charge in [-0.2, -0.15) is 0 Å². The van der Waals surface area contributed by atoms with Gasteiger partial charge in [-0.1, -0.05) is 6.42 Å². The molecule has 1 aliphatic carbocycles. The number of fused-ring (bicyclic) bond motifs is 1. The van der Waals surface area contributed by atoms with Crippen molar-refractivity contribution in [2.24, 2.45) is 11.7 Å². The molecule has 4 heteroatoms. The van der Waals surface area contributed by atoms with E-state index in [0.717, 1.165) is 24.0 Å². The van der Waals surface area contributed by atoms with Gasteiger partial charge in [-0.05, 0) is 31.6 Å². The van der Waals surface area contributed by atoms with E-state index in [4.69, 9.17) is 5.73 Å². The fraction of sp³-hybridized carbons (Fsp3) is 0.692. The molecule has 92 valence electrons. The number of piperidine rings is 1.